The summed E-state index contributed by atoms with van der Waals surface area (Å²) >= 11 is 0. The van der Waals surface area contributed by atoms with Gasteiger partial charge < -0.3 is 9.88 Å². The van der Waals surface area contributed by atoms with E-state index in [0.717, 1.165) is 22.0 Å². The number of rotatable bonds is 3. The van der Waals surface area contributed by atoms with Crippen LogP contribution in [0.25, 0.3) is 10.9 Å². The molecule has 0 saturated heterocycles. The molecule has 3 aromatic rings. The molecule has 1 aromatic heterocycles. The van der Waals surface area contributed by atoms with E-state index in [1.165, 1.54) is 5.56 Å². The van der Waals surface area contributed by atoms with E-state index in [1.807, 2.05) is 54.2 Å². The summed E-state index contributed by atoms with van der Waals surface area (Å²) in [4.78, 5) is 12.4. The SMILES string of the molecule is Cc1cccc(CNC(=O)c2cn(C)c3ccccc23)c1. The summed E-state index contributed by atoms with van der Waals surface area (Å²) in [5.41, 5.74) is 4.11. The van der Waals surface area contributed by atoms with Crippen molar-refractivity contribution in [1.29, 1.82) is 0 Å². The molecule has 1 heterocycles. The molecular formula is C18H18N2O. The number of benzene rings is 2. The van der Waals surface area contributed by atoms with Crippen molar-refractivity contribution in [1.82, 2.24) is 9.88 Å². The van der Waals surface area contributed by atoms with Crippen molar-refractivity contribution in [2.75, 3.05) is 0 Å². The Morgan fingerprint density at radius 3 is 2.76 bits per heavy atom. The summed E-state index contributed by atoms with van der Waals surface area (Å²) in [5.74, 6) is -0.0340. The van der Waals surface area contributed by atoms with Crippen molar-refractivity contribution in [2.24, 2.45) is 7.05 Å². The number of nitrogens with one attached hydrogen (secondary N) is 1. The van der Waals surface area contributed by atoms with Gasteiger partial charge in [0.2, 0.25) is 0 Å². The Bertz CT molecular complexity index is 802. The highest BCUT2D eigenvalue weighted by molar-refractivity contribution is 6.06. The Morgan fingerprint density at radius 1 is 1.14 bits per heavy atom. The van der Waals surface area contributed by atoms with E-state index in [0.29, 0.717) is 6.54 Å². The number of carbonyl (C=O) groups is 1. The minimum atomic E-state index is -0.0340. The highest BCUT2D eigenvalue weighted by Crippen LogP contribution is 2.20. The van der Waals surface area contributed by atoms with Gasteiger partial charge in [-0.2, -0.15) is 0 Å². The van der Waals surface area contributed by atoms with Crippen molar-refractivity contribution >= 4 is 16.8 Å². The van der Waals surface area contributed by atoms with Gasteiger partial charge in [0.25, 0.3) is 5.91 Å². The van der Waals surface area contributed by atoms with Crippen LogP contribution in [-0.2, 0) is 13.6 Å². The average Bonchev–Trinajstić information content (AvgIpc) is 2.83. The number of hydrogen-bond donors (Lipinski definition) is 1. The van der Waals surface area contributed by atoms with E-state index in [2.05, 4.69) is 24.4 Å². The molecule has 0 aliphatic carbocycles. The van der Waals surface area contributed by atoms with Crippen LogP contribution in [0.5, 0.6) is 0 Å². The van der Waals surface area contributed by atoms with Gasteiger partial charge in [0, 0.05) is 30.7 Å². The predicted molar refractivity (Wildman–Crippen MR) is 85.3 cm³/mol. The molecule has 3 nitrogen and oxygen atoms in total. The third-order valence-corrected chi connectivity index (χ3v) is 3.68. The topological polar surface area (TPSA) is 34.0 Å². The smallest absolute Gasteiger partial charge is 0.253 e. The van der Waals surface area contributed by atoms with Crippen molar-refractivity contribution < 1.29 is 4.79 Å². The second-order valence-electron chi connectivity index (χ2n) is 5.34. The number of fused-ring (bicyclic) bond motifs is 1. The number of hydrogen-bond acceptors (Lipinski definition) is 1. The van der Waals surface area contributed by atoms with E-state index >= 15 is 0 Å². The molecule has 0 aliphatic rings. The first kappa shape index (κ1) is 13.4. The van der Waals surface area contributed by atoms with E-state index in [-0.39, 0.29) is 5.91 Å². The summed E-state index contributed by atoms with van der Waals surface area (Å²) in [7, 11) is 1.96. The molecule has 1 N–H and O–H groups in total. The molecular weight excluding hydrogens is 260 g/mol. The van der Waals surface area contributed by atoms with Gasteiger partial charge in [-0.3, -0.25) is 4.79 Å². The molecule has 0 radical (unpaired) electrons. The van der Waals surface area contributed by atoms with Crippen molar-refractivity contribution in [2.45, 2.75) is 13.5 Å². The lowest BCUT2D eigenvalue weighted by atomic mass is 10.1. The second-order valence-corrected chi connectivity index (χ2v) is 5.34. The fourth-order valence-electron chi connectivity index (χ4n) is 2.62. The summed E-state index contributed by atoms with van der Waals surface area (Å²) < 4.78 is 1.98. The molecule has 0 unspecified atom stereocenters. The maximum Gasteiger partial charge on any atom is 0.253 e. The van der Waals surface area contributed by atoms with E-state index in [4.69, 9.17) is 0 Å². The van der Waals surface area contributed by atoms with Gasteiger partial charge in [0.15, 0.2) is 0 Å². The molecule has 3 heteroatoms. The Balaban J connectivity index is 1.81. The Kier molecular flexibility index (Phi) is 3.48. The molecule has 0 fully saturated rings. The highest BCUT2D eigenvalue weighted by Gasteiger charge is 2.12. The van der Waals surface area contributed by atoms with Crippen LogP contribution in [0.15, 0.2) is 54.7 Å². The third-order valence-electron chi connectivity index (χ3n) is 3.68. The zero-order chi connectivity index (χ0) is 14.8. The standard InChI is InChI=1S/C18H18N2O/c1-13-6-5-7-14(10-13)11-19-18(21)16-12-20(2)17-9-4-3-8-15(16)17/h3-10,12H,11H2,1-2H3,(H,19,21). The van der Waals surface area contributed by atoms with Gasteiger partial charge in [-0.05, 0) is 18.6 Å². The Hall–Kier alpha value is -2.55. The third kappa shape index (κ3) is 2.68. The zero-order valence-electron chi connectivity index (χ0n) is 12.3. The average molecular weight is 278 g/mol. The van der Waals surface area contributed by atoms with Crippen LogP contribution in [-0.4, -0.2) is 10.5 Å². The predicted octanol–water partition coefficient (Wildman–Crippen LogP) is 3.42. The summed E-state index contributed by atoms with van der Waals surface area (Å²) in [6, 6.07) is 16.1. The fourth-order valence-corrected chi connectivity index (χ4v) is 2.62. The number of aryl methyl sites for hydroxylation is 2. The first-order valence-corrected chi connectivity index (χ1v) is 7.03. The maximum absolute atomic E-state index is 12.4. The number of aromatic nitrogens is 1. The minimum Gasteiger partial charge on any atom is -0.350 e. The zero-order valence-corrected chi connectivity index (χ0v) is 12.3. The normalized spacial score (nSPS) is 10.8. The largest absolute Gasteiger partial charge is 0.350 e. The van der Waals surface area contributed by atoms with Crippen LogP contribution in [0.1, 0.15) is 21.5 Å². The van der Waals surface area contributed by atoms with Gasteiger partial charge >= 0.3 is 0 Å². The van der Waals surface area contributed by atoms with Gasteiger partial charge in [0.1, 0.15) is 0 Å². The molecule has 1 amide bonds. The number of nitrogens with zero attached hydrogens (tertiary/aromatic N) is 1. The van der Waals surface area contributed by atoms with Gasteiger partial charge in [-0.25, -0.2) is 0 Å². The first-order valence-electron chi connectivity index (χ1n) is 7.03. The minimum absolute atomic E-state index is 0.0340. The van der Waals surface area contributed by atoms with Crippen molar-refractivity contribution in [3.63, 3.8) is 0 Å². The van der Waals surface area contributed by atoms with Crippen LogP contribution >= 0.6 is 0 Å². The Labute approximate surface area is 124 Å². The van der Waals surface area contributed by atoms with Crippen LogP contribution in [0, 0.1) is 6.92 Å². The lowest BCUT2D eigenvalue weighted by molar-refractivity contribution is 0.0952. The highest BCUT2D eigenvalue weighted by atomic mass is 16.1. The summed E-state index contributed by atoms with van der Waals surface area (Å²) in [6.07, 6.45) is 1.89. The van der Waals surface area contributed by atoms with E-state index in [1.54, 1.807) is 0 Å². The van der Waals surface area contributed by atoms with Crippen molar-refractivity contribution in [3.05, 3.63) is 71.4 Å². The van der Waals surface area contributed by atoms with Crippen LogP contribution < -0.4 is 5.32 Å². The molecule has 106 valence electrons. The van der Waals surface area contributed by atoms with Crippen molar-refractivity contribution in [3.8, 4) is 0 Å². The van der Waals surface area contributed by atoms with Crippen LogP contribution in [0.3, 0.4) is 0 Å². The van der Waals surface area contributed by atoms with Gasteiger partial charge in [-0.15, -0.1) is 0 Å². The number of para-hydroxylation sites is 1. The quantitative estimate of drug-likeness (QED) is 0.782. The van der Waals surface area contributed by atoms with Crippen LogP contribution in [0.4, 0.5) is 0 Å². The monoisotopic (exact) mass is 278 g/mol. The number of carbonyl (C=O) groups excluding carboxylic acids is 1. The number of amides is 1. The molecule has 3 rings (SSSR count). The molecule has 0 saturated carbocycles. The summed E-state index contributed by atoms with van der Waals surface area (Å²) in [6.45, 7) is 2.60. The van der Waals surface area contributed by atoms with Gasteiger partial charge in [0.05, 0.1) is 5.56 Å². The first-order chi connectivity index (χ1) is 10.1. The molecule has 0 bridgehead atoms. The van der Waals surface area contributed by atoms with Crippen LogP contribution in [0.2, 0.25) is 0 Å². The second kappa shape index (κ2) is 5.44. The molecule has 2 aromatic carbocycles. The molecule has 0 atom stereocenters. The van der Waals surface area contributed by atoms with Gasteiger partial charge in [-0.1, -0.05) is 48.0 Å². The fraction of sp³-hybridized carbons (Fsp3) is 0.167. The Morgan fingerprint density at radius 2 is 1.95 bits per heavy atom. The van der Waals surface area contributed by atoms with E-state index < -0.39 is 0 Å². The lowest BCUT2D eigenvalue weighted by Gasteiger charge is -2.05. The maximum atomic E-state index is 12.4. The molecule has 21 heavy (non-hydrogen) atoms. The molecule has 0 spiro atoms. The molecule has 0 aliphatic heterocycles. The van der Waals surface area contributed by atoms with E-state index in [9.17, 15) is 4.79 Å². The lowest BCUT2D eigenvalue weighted by Crippen LogP contribution is -2.22. The summed E-state index contributed by atoms with van der Waals surface area (Å²) in [5, 5.41) is 3.98.